The molecule has 0 aromatic carbocycles. The maximum Gasteiger partial charge on any atom is 0.101 e. The summed E-state index contributed by atoms with van der Waals surface area (Å²) in [5, 5.41) is 12.1. The van der Waals surface area contributed by atoms with Crippen molar-refractivity contribution in [3.63, 3.8) is 0 Å². The van der Waals surface area contributed by atoms with Crippen LogP contribution >= 0.6 is 27.3 Å². The zero-order valence-electron chi connectivity index (χ0n) is 8.85. The van der Waals surface area contributed by atoms with Crippen molar-refractivity contribution >= 4 is 27.3 Å². The van der Waals surface area contributed by atoms with Gasteiger partial charge in [-0.1, -0.05) is 6.07 Å². The van der Waals surface area contributed by atoms with E-state index in [1.165, 1.54) is 0 Å². The summed E-state index contributed by atoms with van der Waals surface area (Å²) in [5.74, 6) is 0. The van der Waals surface area contributed by atoms with Gasteiger partial charge in [0.05, 0.1) is 5.69 Å². The number of thiophene rings is 1. The summed E-state index contributed by atoms with van der Waals surface area (Å²) in [6.07, 6.45) is 0.0950. The first-order valence-electron chi connectivity index (χ1n) is 4.99. The molecule has 0 aliphatic rings. The van der Waals surface area contributed by atoms with Crippen molar-refractivity contribution in [2.75, 3.05) is 0 Å². The number of aliphatic hydroxyl groups is 1. The van der Waals surface area contributed by atoms with E-state index in [-0.39, 0.29) is 0 Å². The smallest absolute Gasteiger partial charge is 0.101 e. The van der Waals surface area contributed by atoms with Gasteiger partial charge >= 0.3 is 0 Å². The van der Waals surface area contributed by atoms with Crippen LogP contribution in [-0.2, 0) is 6.42 Å². The highest BCUT2D eigenvalue weighted by molar-refractivity contribution is 9.10. The fourth-order valence-electron chi connectivity index (χ4n) is 1.51. The summed E-state index contributed by atoms with van der Waals surface area (Å²) >= 11 is 5.05. The van der Waals surface area contributed by atoms with Crippen molar-refractivity contribution in [1.29, 1.82) is 0 Å². The second-order valence-electron chi connectivity index (χ2n) is 3.65. The molecule has 2 rings (SSSR count). The summed E-state index contributed by atoms with van der Waals surface area (Å²) in [7, 11) is 0. The Bertz CT molecular complexity index is 483. The highest BCUT2D eigenvalue weighted by atomic mass is 79.9. The zero-order valence-corrected chi connectivity index (χ0v) is 11.3. The molecular weight excluding hydrogens is 286 g/mol. The Morgan fingerprint density at radius 1 is 1.50 bits per heavy atom. The van der Waals surface area contributed by atoms with Crippen LogP contribution in [0.3, 0.4) is 0 Å². The average molecular weight is 298 g/mol. The number of pyridine rings is 1. The Morgan fingerprint density at radius 3 is 2.94 bits per heavy atom. The molecule has 0 saturated carbocycles. The van der Waals surface area contributed by atoms with Gasteiger partial charge in [-0.25, -0.2) is 0 Å². The van der Waals surface area contributed by atoms with Crippen LogP contribution in [0.4, 0.5) is 0 Å². The van der Waals surface area contributed by atoms with Crippen molar-refractivity contribution in [2.24, 2.45) is 0 Å². The molecule has 2 nitrogen and oxygen atoms in total. The molecule has 2 aromatic heterocycles. The predicted molar refractivity (Wildman–Crippen MR) is 69.7 cm³/mol. The highest BCUT2D eigenvalue weighted by Gasteiger charge is 2.11. The average Bonchev–Trinajstić information content (AvgIpc) is 2.64. The molecule has 1 N–H and O–H groups in total. The molecule has 1 atom stereocenters. The fourth-order valence-corrected chi connectivity index (χ4v) is 3.00. The van der Waals surface area contributed by atoms with Crippen molar-refractivity contribution in [3.05, 3.63) is 50.4 Å². The first kappa shape index (κ1) is 11.8. The monoisotopic (exact) mass is 297 g/mol. The molecule has 2 heterocycles. The lowest BCUT2D eigenvalue weighted by Crippen LogP contribution is -2.03. The van der Waals surface area contributed by atoms with Crippen molar-refractivity contribution < 1.29 is 5.11 Å². The van der Waals surface area contributed by atoms with Crippen LogP contribution in [0.5, 0.6) is 0 Å². The number of nitrogens with zero attached hydrogens (tertiary/aromatic N) is 1. The summed E-state index contributed by atoms with van der Waals surface area (Å²) in [6, 6.07) is 7.74. The Labute approximate surface area is 107 Å². The molecule has 0 spiro atoms. The maximum absolute atomic E-state index is 10.0. The van der Waals surface area contributed by atoms with Gasteiger partial charge in [-0.05, 0) is 41.1 Å². The summed E-state index contributed by atoms with van der Waals surface area (Å²) in [4.78, 5) is 5.47. The third-order valence-electron chi connectivity index (χ3n) is 2.27. The van der Waals surface area contributed by atoms with E-state index in [1.54, 1.807) is 11.3 Å². The first-order valence-corrected chi connectivity index (χ1v) is 6.67. The molecule has 4 heteroatoms. The number of aryl methyl sites for hydroxylation is 1. The number of hydrogen-bond acceptors (Lipinski definition) is 3. The van der Waals surface area contributed by atoms with Crippen molar-refractivity contribution in [3.8, 4) is 0 Å². The number of halogens is 1. The van der Waals surface area contributed by atoms with E-state index >= 15 is 0 Å². The highest BCUT2D eigenvalue weighted by Crippen LogP contribution is 2.24. The molecule has 0 aliphatic heterocycles. The van der Waals surface area contributed by atoms with Crippen molar-refractivity contribution in [1.82, 2.24) is 4.98 Å². The third kappa shape index (κ3) is 2.90. The van der Waals surface area contributed by atoms with Gasteiger partial charge in [0.15, 0.2) is 0 Å². The van der Waals surface area contributed by atoms with Crippen LogP contribution in [-0.4, -0.2) is 10.1 Å². The quantitative estimate of drug-likeness (QED) is 0.941. The van der Waals surface area contributed by atoms with Gasteiger partial charge in [0.25, 0.3) is 0 Å². The largest absolute Gasteiger partial charge is 0.386 e. The molecule has 2 aromatic rings. The van der Waals surface area contributed by atoms with Crippen LogP contribution in [0.25, 0.3) is 0 Å². The first-order chi connectivity index (χ1) is 7.65. The van der Waals surface area contributed by atoms with E-state index in [2.05, 4.69) is 20.9 Å². The molecule has 0 amide bonds. The van der Waals surface area contributed by atoms with Gasteiger partial charge in [0.1, 0.15) is 6.10 Å². The van der Waals surface area contributed by atoms with Crippen LogP contribution in [0.15, 0.2) is 34.1 Å². The second-order valence-corrected chi connectivity index (χ2v) is 5.57. The summed E-state index contributed by atoms with van der Waals surface area (Å²) < 4.78 is 1.07. The molecule has 0 aliphatic carbocycles. The lowest BCUT2D eigenvalue weighted by atomic mass is 10.1. The third-order valence-corrected chi connectivity index (χ3v) is 3.99. The van der Waals surface area contributed by atoms with Crippen LogP contribution in [0.2, 0.25) is 0 Å². The SMILES string of the molecule is Cc1cccc(C(O)Cc2cc(Br)cs2)n1. The standard InChI is InChI=1S/C12H12BrNOS/c1-8-3-2-4-11(14-8)12(15)6-10-5-9(13)7-16-10/h2-5,7,12,15H,6H2,1H3. The molecular formula is C12H12BrNOS. The Morgan fingerprint density at radius 2 is 2.31 bits per heavy atom. The van der Waals surface area contributed by atoms with Crippen LogP contribution in [0, 0.1) is 6.92 Å². The van der Waals surface area contributed by atoms with Gasteiger partial charge in [-0.15, -0.1) is 11.3 Å². The van der Waals surface area contributed by atoms with Gasteiger partial charge in [-0.2, -0.15) is 0 Å². The molecule has 0 fully saturated rings. The minimum atomic E-state index is -0.523. The normalized spacial score (nSPS) is 12.7. The van der Waals surface area contributed by atoms with Crippen LogP contribution in [0.1, 0.15) is 22.4 Å². The van der Waals surface area contributed by atoms with E-state index in [9.17, 15) is 5.11 Å². The lowest BCUT2D eigenvalue weighted by Gasteiger charge is -2.09. The molecule has 84 valence electrons. The Hall–Kier alpha value is -0.710. The molecule has 0 saturated heterocycles. The predicted octanol–water partition coefficient (Wildman–Crippen LogP) is 3.49. The molecule has 0 bridgehead atoms. The minimum Gasteiger partial charge on any atom is -0.386 e. The van der Waals surface area contributed by atoms with Gasteiger partial charge in [0.2, 0.25) is 0 Å². The van der Waals surface area contributed by atoms with E-state index in [0.29, 0.717) is 6.42 Å². The number of hydrogen-bond donors (Lipinski definition) is 1. The summed E-state index contributed by atoms with van der Waals surface area (Å²) in [5.41, 5.74) is 1.67. The maximum atomic E-state index is 10.0. The van der Waals surface area contributed by atoms with Crippen LogP contribution < -0.4 is 0 Å². The number of aliphatic hydroxyl groups excluding tert-OH is 1. The van der Waals surface area contributed by atoms with Gasteiger partial charge in [-0.3, -0.25) is 4.98 Å². The fraction of sp³-hybridized carbons (Fsp3) is 0.250. The van der Waals surface area contributed by atoms with Crippen molar-refractivity contribution in [2.45, 2.75) is 19.4 Å². The Balaban J connectivity index is 2.11. The molecule has 0 radical (unpaired) electrons. The zero-order chi connectivity index (χ0) is 11.5. The second kappa shape index (κ2) is 5.08. The Kier molecular flexibility index (Phi) is 3.74. The van der Waals surface area contributed by atoms with Gasteiger partial charge in [0, 0.05) is 26.8 Å². The number of rotatable bonds is 3. The van der Waals surface area contributed by atoms with E-state index in [0.717, 1.165) is 20.7 Å². The molecule has 16 heavy (non-hydrogen) atoms. The van der Waals surface area contributed by atoms with E-state index < -0.39 is 6.10 Å². The van der Waals surface area contributed by atoms with Gasteiger partial charge < -0.3 is 5.11 Å². The van der Waals surface area contributed by atoms with E-state index in [1.807, 2.05) is 36.6 Å². The molecule has 1 unspecified atom stereocenters. The topological polar surface area (TPSA) is 33.1 Å². The summed E-state index contributed by atoms with van der Waals surface area (Å²) in [6.45, 7) is 1.93. The lowest BCUT2D eigenvalue weighted by molar-refractivity contribution is 0.174. The number of aromatic nitrogens is 1. The van der Waals surface area contributed by atoms with E-state index in [4.69, 9.17) is 0 Å². The minimum absolute atomic E-state index is 0.523.